The van der Waals surface area contributed by atoms with Crippen molar-refractivity contribution in [3.63, 3.8) is 0 Å². The van der Waals surface area contributed by atoms with Gasteiger partial charge in [0.25, 0.3) is 5.91 Å². The van der Waals surface area contributed by atoms with Gasteiger partial charge in [0.2, 0.25) is 11.8 Å². The van der Waals surface area contributed by atoms with Crippen LogP contribution in [0.1, 0.15) is 28.8 Å². The zero-order valence-corrected chi connectivity index (χ0v) is 16.6. The molecule has 1 N–H and O–H groups in total. The number of benzene rings is 2. The van der Waals surface area contributed by atoms with Gasteiger partial charge in [-0.3, -0.25) is 19.7 Å². The summed E-state index contributed by atoms with van der Waals surface area (Å²) in [5.74, 6) is -0.805. The number of imide groups is 1. The molecular formula is C23H23N3O4. The molecule has 2 aromatic rings. The first-order valence-electron chi connectivity index (χ1n) is 10.3. The summed E-state index contributed by atoms with van der Waals surface area (Å²) in [6.07, 6.45) is 0.631. The van der Waals surface area contributed by atoms with E-state index in [0.29, 0.717) is 31.7 Å². The highest BCUT2D eigenvalue weighted by Gasteiger charge is 2.39. The number of rotatable bonds is 3. The number of amides is 3. The minimum atomic E-state index is -0.591. The van der Waals surface area contributed by atoms with Gasteiger partial charge in [0.05, 0.1) is 13.2 Å². The summed E-state index contributed by atoms with van der Waals surface area (Å²) < 4.78 is 5.49. The summed E-state index contributed by atoms with van der Waals surface area (Å²) in [6.45, 7) is 3.52. The fourth-order valence-electron chi connectivity index (χ4n) is 4.54. The number of fused-ring (bicyclic) bond motifs is 1. The number of morpholine rings is 1. The molecule has 154 valence electrons. The second-order valence-electron chi connectivity index (χ2n) is 7.89. The lowest BCUT2D eigenvalue weighted by Crippen LogP contribution is -2.52. The van der Waals surface area contributed by atoms with Gasteiger partial charge < -0.3 is 14.5 Å². The van der Waals surface area contributed by atoms with Gasteiger partial charge >= 0.3 is 0 Å². The van der Waals surface area contributed by atoms with Crippen molar-refractivity contribution in [2.24, 2.45) is 0 Å². The number of anilines is 1. The first kappa shape index (κ1) is 18.8. The normalized spacial score (nSPS) is 21.6. The van der Waals surface area contributed by atoms with E-state index in [4.69, 9.17) is 4.74 Å². The van der Waals surface area contributed by atoms with Crippen LogP contribution in [0.3, 0.4) is 0 Å². The Balaban J connectivity index is 1.44. The Kier molecular flexibility index (Phi) is 4.75. The molecule has 2 aromatic carbocycles. The average molecular weight is 405 g/mol. The maximum Gasteiger partial charge on any atom is 0.255 e. The van der Waals surface area contributed by atoms with Crippen molar-refractivity contribution in [2.75, 3.05) is 31.2 Å². The average Bonchev–Trinajstić information content (AvgIpc) is 3.10. The summed E-state index contributed by atoms with van der Waals surface area (Å²) in [7, 11) is 0. The van der Waals surface area contributed by atoms with Crippen LogP contribution in [-0.4, -0.2) is 55.0 Å². The Morgan fingerprint density at radius 2 is 1.77 bits per heavy atom. The molecule has 0 bridgehead atoms. The second kappa shape index (κ2) is 7.57. The molecule has 0 aromatic heterocycles. The first-order valence-corrected chi connectivity index (χ1v) is 10.3. The molecule has 1 atom stereocenters. The Morgan fingerprint density at radius 3 is 2.57 bits per heavy atom. The third-order valence-corrected chi connectivity index (χ3v) is 6.09. The predicted octanol–water partition coefficient (Wildman–Crippen LogP) is 1.95. The number of hydrogen-bond donors (Lipinski definition) is 1. The lowest BCUT2D eigenvalue weighted by atomic mass is 9.98. The van der Waals surface area contributed by atoms with Crippen molar-refractivity contribution in [3.05, 3.63) is 53.6 Å². The zero-order chi connectivity index (χ0) is 20.7. The molecular weight excluding hydrogens is 382 g/mol. The highest BCUT2D eigenvalue weighted by atomic mass is 16.5. The number of para-hydroxylation sites is 1. The SMILES string of the molecule is O=C1CCC(N2Cc3cc(-c4ccccc4N4CCOCC4)ccc3C2=O)C(=O)N1. The number of nitrogens with zero attached hydrogens (tertiary/aromatic N) is 2. The summed E-state index contributed by atoms with van der Waals surface area (Å²) in [4.78, 5) is 40.5. The number of ether oxygens (including phenoxy) is 1. The fraction of sp³-hybridized carbons (Fsp3) is 0.348. The number of hydrogen-bond acceptors (Lipinski definition) is 5. The summed E-state index contributed by atoms with van der Waals surface area (Å²) in [5, 5.41) is 2.35. The summed E-state index contributed by atoms with van der Waals surface area (Å²) in [6, 6.07) is 13.6. The first-order chi connectivity index (χ1) is 14.6. The van der Waals surface area contributed by atoms with Crippen molar-refractivity contribution >= 4 is 23.4 Å². The van der Waals surface area contributed by atoms with Crippen LogP contribution in [0.15, 0.2) is 42.5 Å². The Bertz CT molecular complexity index is 1030. The molecule has 7 heteroatoms. The molecule has 0 saturated carbocycles. The number of carbonyl (C=O) groups is 3. The molecule has 2 saturated heterocycles. The van der Waals surface area contributed by atoms with E-state index in [1.165, 1.54) is 0 Å². The van der Waals surface area contributed by atoms with Crippen LogP contribution in [0, 0.1) is 0 Å². The molecule has 3 aliphatic heterocycles. The highest BCUT2D eigenvalue weighted by Crippen LogP contribution is 2.35. The van der Waals surface area contributed by atoms with Crippen LogP contribution >= 0.6 is 0 Å². The van der Waals surface area contributed by atoms with Crippen molar-refractivity contribution in [2.45, 2.75) is 25.4 Å². The molecule has 5 rings (SSSR count). The van der Waals surface area contributed by atoms with Gasteiger partial charge in [0.1, 0.15) is 6.04 Å². The van der Waals surface area contributed by atoms with Crippen molar-refractivity contribution in [3.8, 4) is 11.1 Å². The smallest absolute Gasteiger partial charge is 0.255 e. The van der Waals surface area contributed by atoms with E-state index >= 15 is 0 Å². The molecule has 7 nitrogen and oxygen atoms in total. The summed E-state index contributed by atoms with van der Waals surface area (Å²) in [5.41, 5.74) is 4.88. The molecule has 0 aliphatic carbocycles. The number of piperidine rings is 1. The molecule has 0 radical (unpaired) electrons. The fourth-order valence-corrected chi connectivity index (χ4v) is 4.54. The number of nitrogens with one attached hydrogen (secondary N) is 1. The van der Waals surface area contributed by atoms with Gasteiger partial charge in [0, 0.05) is 42.9 Å². The standard InChI is InChI=1S/C23H23N3O4/c27-21-8-7-20(22(28)24-21)26-14-16-13-15(5-6-18(16)23(26)29)17-3-1-2-4-19(17)25-9-11-30-12-10-25/h1-6,13,20H,7-12,14H2,(H,24,27,28). The lowest BCUT2D eigenvalue weighted by molar-refractivity contribution is -0.136. The molecule has 3 heterocycles. The van der Waals surface area contributed by atoms with Crippen LogP contribution in [0.4, 0.5) is 5.69 Å². The maximum absolute atomic E-state index is 12.9. The van der Waals surface area contributed by atoms with Gasteiger partial charge in [-0.25, -0.2) is 0 Å². The van der Waals surface area contributed by atoms with Gasteiger partial charge in [0.15, 0.2) is 0 Å². The van der Waals surface area contributed by atoms with Crippen LogP contribution in [-0.2, 0) is 20.9 Å². The van der Waals surface area contributed by atoms with Crippen LogP contribution < -0.4 is 10.2 Å². The van der Waals surface area contributed by atoms with Crippen LogP contribution in [0.5, 0.6) is 0 Å². The van der Waals surface area contributed by atoms with Gasteiger partial charge in [-0.2, -0.15) is 0 Å². The quantitative estimate of drug-likeness (QED) is 0.790. The Hall–Kier alpha value is -3.19. The van der Waals surface area contributed by atoms with E-state index in [0.717, 1.165) is 35.5 Å². The monoisotopic (exact) mass is 405 g/mol. The second-order valence-corrected chi connectivity index (χ2v) is 7.89. The highest BCUT2D eigenvalue weighted by molar-refractivity contribution is 6.05. The van der Waals surface area contributed by atoms with E-state index in [-0.39, 0.29) is 24.1 Å². The van der Waals surface area contributed by atoms with E-state index in [1.54, 1.807) is 4.90 Å². The minimum absolute atomic E-state index is 0.146. The van der Waals surface area contributed by atoms with Gasteiger partial charge in [-0.1, -0.05) is 24.3 Å². The largest absolute Gasteiger partial charge is 0.378 e. The van der Waals surface area contributed by atoms with Gasteiger partial charge in [-0.15, -0.1) is 0 Å². The molecule has 3 aliphatic rings. The van der Waals surface area contributed by atoms with Gasteiger partial charge in [-0.05, 0) is 35.7 Å². The minimum Gasteiger partial charge on any atom is -0.378 e. The van der Waals surface area contributed by atoms with E-state index in [9.17, 15) is 14.4 Å². The molecule has 0 spiro atoms. The zero-order valence-electron chi connectivity index (χ0n) is 16.6. The summed E-state index contributed by atoms with van der Waals surface area (Å²) >= 11 is 0. The number of carbonyl (C=O) groups excluding carboxylic acids is 3. The predicted molar refractivity (Wildman–Crippen MR) is 111 cm³/mol. The Labute approximate surface area is 174 Å². The van der Waals surface area contributed by atoms with Crippen molar-refractivity contribution < 1.29 is 19.1 Å². The third kappa shape index (κ3) is 3.25. The van der Waals surface area contributed by atoms with Crippen molar-refractivity contribution in [1.29, 1.82) is 0 Å². The van der Waals surface area contributed by atoms with Crippen molar-refractivity contribution in [1.82, 2.24) is 10.2 Å². The molecule has 3 amide bonds. The van der Waals surface area contributed by atoms with E-state index < -0.39 is 6.04 Å². The molecule has 2 fully saturated rings. The van der Waals surface area contributed by atoms with Crippen LogP contribution in [0.25, 0.3) is 11.1 Å². The molecule has 30 heavy (non-hydrogen) atoms. The van der Waals surface area contributed by atoms with E-state index in [1.807, 2.05) is 24.3 Å². The van der Waals surface area contributed by atoms with Crippen LogP contribution in [0.2, 0.25) is 0 Å². The topological polar surface area (TPSA) is 79.0 Å². The Morgan fingerprint density at radius 1 is 0.967 bits per heavy atom. The molecule has 1 unspecified atom stereocenters. The lowest BCUT2D eigenvalue weighted by Gasteiger charge is -2.30. The third-order valence-electron chi connectivity index (χ3n) is 6.09. The van der Waals surface area contributed by atoms with E-state index in [2.05, 4.69) is 28.4 Å². The maximum atomic E-state index is 12.9.